The quantitative estimate of drug-likeness (QED) is 0.748. The number of hydrogen-bond donors (Lipinski definition) is 2. The third kappa shape index (κ3) is 2.94. The van der Waals surface area contributed by atoms with Gasteiger partial charge in [-0.3, -0.25) is 0 Å². The molecule has 4 atom stereocenters. The molecule has 2 rings (SSSR count). The van der Waals surface area contributed by atoms with Gasteiger partial charge in [-0.15, -0.1) is 0 Å². The number of aliphatic hydroxyl groups is 1. The van der Waals surface area contributed by atoms with Crippen molar-refractivity contribution in [2.45, 2.75) is 64.0 Å². The van der Waals surface area contributed by atoms with E-state index in [4.69, 9.17) is 0 Å². The minimum absolute atomic E-state index is 0.0270. The molecule has 4 unspecified atom stereocenters. The lowest BCUT2D eigenvalue weighted by molar-refractivity contribution is 0.130. The Morgan fingerprint density at radius 2 is 2.07 bits per heavy atom. The summed E-state index contributed by atoms with van der Waals surface area (Å²) in [5.74, 6) is 1.49. The van der Waals surface area contributed by atoms with Gasteiger partial charge in [0.25, 0.3) is 0 Å². The van der Waals surface area contributed by atoms with Gasteiger partial charge in [0.1, 0.15) is 0 Å². The summed E-state index contributed by atoms with van der Waals surface area (Å²) in [5, 5.41) is 13.4. The predicted molar refractivity (Wildman–Crippen MR) is 62.8 cm³/mol. The van der Waals surface area contributed by atoms with Crippen molar-refractivity contribution in [3.63, 3.8) is 0 Å². The Morgan fingerprint density at radius 3 is 2.67 bits per heavy atom. The van der Waals surface area contributed by atoms with Crippen LogP contribution in [0.25, 0.3) is 0 Å². The van der Waals surface area contributed by atoms with E-state index in [1.807, 2.05) is 0 Å². The number of rotatable bonds is 4. The van der Waals surface area contributed by atoms with E-state index in [0.29, 0.717) is 5.92 Å². The van der Waals surface area contributed by atoms with E-state index in [-0.39, 0.29) is 6.10 Å². The summed E-state index contributed by atoms with van der Waals surface area (Å²) in [4.78, 5) is 0. The Bertz CT molecular complexity index is 195. The van der Waals surface area contributed by atoms with E-state index in [0.717, 1.165) is 24.9 Å². The molecule has 0 aromatic carbocycles. The molecule has 0 aromatic rings. The second-order valence-corrected chi connectivity index (χ2v) is 5.45. The van der Waals surface area contributed by atoms with Gasteiger partial charge in [0.05, 0.1) is 6.10 Å². The first-order chi connectivity index (χ1) is 7.29. The molecule has 0 bridgehead atoms. The van der Waals surface area contributed by atoms with E-state index < -0.39 is 0 Å². The Balaban J connectivity index is 1.66. The van der Waals surface area contributed by atoms with Crippen molar-refractivity contribution in [3.8, 4) is 0 Å². The monoisotopic (exact) mass is 211 g/mol. The maximum Gasteiger partial charge on any atom is 0.0580 e. The Hall–Kier alpha value is -0.0800. The number of aliphatic hydroxyl groups excluding tert-OH is 1. The molecule has 2 aliphatic rings. The highest BCUT2D eigenvalue weighted by atomic mass is 16.3. The largest absolute Gasteiger partial charge is 0.393 e. The van der Waals surface area contributed by atoms with Crippen LogP contribution >= 0.6 is 0 Å². The van der Waals surface area contributed by atoms with Crippen molar-refractivity contribution in [2.75, 3.05) is 6.54 Å². The summed E-state index contributed by atoms with van der Waals surface area (Å²) in [6, 6.07) is 0.739. The van der Waals surface area contributed by atoms with Gasteiger partial charge in [-0.1, -0.05) is 19.8 Å². The summed E-state index contributed by atoms with van der Waals surface area (Å²) in [6.45, 7) is 3.34. The van der Waals surface area contributed by atoms with Gasteiger partial charge in [-0.25, -0.2) is 0 Å². The second-order valence-electron chi connectivity index (χ2n) is 5.45. The van der Waals surface area contributed by atoms with E-state index in [1.165, 1.54) is 38.5 Å². The van der Waals surface area contributed by atoms with Crippen LogP contribution in [0, 0.1) is 11.8 Å². The third-order valence-corrected chi connectivity index (χ3v) is 4.41. The molecule has 0 saturated heterocycles. The fraction of sp³-hybridized carbons (Fsp3) is 1.00. The highest BCUT2D eigenvalue weighted by molar-refractivity contribution is 4.83. The molecule has 2 N–H and O–H groups in total. The highest BCUT2D eigenvalue weighted by Crippen LogP contribution is 2.29. The van der Waals surface area contributed by atoms with Crippen LogP contribution < -0.4 is 5.32 Å². The summed E-state index contributed by atoms with van der Waals surface area (Å²) < 4.78 is 0. The molecule has 2 saturated carbocycles. The number of nitrogens with one attached hydrogen (secondary N) is 1. The van der Waals surface area contributed by atoms with Crippen LogP contribution in [0.4, 0.5) is 0 Å². The molecular formula is C13H25NO. The minimum atomic E-state index is -0.0270. The lowest BCUT2D eigenvalue weighted by atomic mass is 10.0. The third-order valence-electron chi connectivity index (χ3n) is 4.41. The molecule has 2 aliphatic carbocycles. The van der Waals surface area contributed by atoms with Crippen LogP contribution in [0.1, 0.15) is 51.9 Å². The topological polar surface area (TPSA) is 32.3 Å². The van der Waals surface area contributed by atoms with Crippen molar-refractivity contribution in [2.24, 2.45) is 11.8 Å². The molecule has 0 heterocycles. The molecule has 2 heteroatoms. The first-order valence-corrected chi connectivity index (χ1v) is 6.71. The van der Waals surface area contributed by atoms with Crippen molar-refractivity contribution >= 4 is 0 Å². The minimum Gasteiger partial charge on any atom is -0.393 e. The first-order valence-electron chi connectivity index (χ1n) is 6.71. The molecule has 15 heavy (non-hydrogen) atoms. The van der Waals surface area contributed by atoms with E-state index >= 15 is 0 Å². The summed E-state index contributed by atoms with van der Waals surface area (Å²) in [7, 11) is 0. The van der Waals surface area contributed by atoms with Crippen LogP contribution in [-0.4, -0.2) is 23.8 Å². The lowest BCUT2D eigenvalue weighted by Gasteiger charge is -2.19. The zero-order valence-corrected chi connectivity index (χ0v) is 9.91. The molecule has 2 fully saturated rings. The van der Waals surface area contributed by atoms with Gasteiger partial charge in [0, 0.05) is 12.6 Å². The highest BCUT2D eigenvalue weighted by Gasteiger charge is 2.27. The predicted octanol–water partition coefficient (Wildman–Crippen LogP) is 2.32. The van der Waals surface area contributed by atoms with E-state index in [2.05, 4.69) is 12.2 Å². The van der Waals surface area contributed by atoms with Gasteiger partial charge in [-0.05, 0) is 43.9 Å². The van der Waals surface area contributed by atoms with E-state index in [1.54, 1.807) is 0 Å². The summed E-state index contributed by atoms with van der Waals surface area (Å²) in [5.41, 5.74) is 0. The average Bonchev–Trinajstić information content (AvgIpc) is 2.84. The average molecular weight is 211 g/mol. The lowest BCUT2D eigenvalue weighted by Crippen LogP contribution is -2.34. The first kappa shape index (κ1) is 11.4. The maximum absolute atomic E-state index is 9.72. The second kappa shape index (κ2) is 5.31. The van der Waals surface area contributed by atoms with Crippen LogP contribution in [0.15, 0.2) is 0 Å². The Labute approximate surface area is 93.5 Å². The molecule has 88 valence electrons. The molecule has 0 aliphatic heterocycles. The van der Waals surface area contributed by atoms with Gasteiger partial charge in [0.15, 0.2) is 0 Å². The van der Waals surface area contributed by atoms with Crippen molar-refractivity contribution in [1.82, 2.24) is 5.32 Å². The van der Waals surface area contributed by atoms with Crippen molar-refractivity contribution in [1.29, 1.82) is 0 Å². The molecule has 0 spiro atoms. The van der Waals surface area contributed by atoms with Crippen molar-refractivity contribution in [3.05, 3.63) is 0 Å². The molecule has 2 nitrogen and oxygen atoms in total. The standard InChI is InChI=1S/C13H25NO/c1-2-10-6-7-12(8-10)14-9-11-4-3-5-13(11)15/h10-15H,2-9H2,1H3. The fourth-order valence-corrected chi connectivity index (χ4v) is 3.20. The molecular weight excluding hydrogens is 186 g/mol. The zero-order chi connectivity index (χ0) is 10.7. The van der Waals surface area contributed by atoms with Crippen LogP contribution in [0.3, 0.4) is 0 Å². The van der Waals surface area contributed by atoms with Crippen LogP contribution in [0.2, 0.25) is 0 Å². The van der Waals surface area contributed by atoms with Crippen LogP contribution in [-0.2, 0) is 0 Å². The smallest absolute Gasteiger partial charge is 0.0580 e. The Morgan fingerprint density at radius 1 is 1.20 bits per heavy atom. The number of hydrogen-bond acceptors (Lipinski definition) is 2. The molecule has 0 aromatic heterocycles. The maximum atomic E-state index is 9.72. The SMILES string of the molecule is CCC1CCC(NCC2CCCC2O)C1. The summed E-state index contributed by atoms with van der Waals surface area (Å²) >= 11 is 0. The van der Waals surface area contributed by atoms with Crippen LogP contribution in [0.5, 0.6) is 0 Å². The summed E-state index contributed by atoms with van der Waals surface area (Å²) in [6.07, 6.45) is 8.88. The van der Waals surface area contributed by atoms with Gasteiger partial charge >= 0.3 is 0 Å². The molecule has 0 radical (unpaired) electrons. The fourth-order valence-electron chi connectivity index (χ4n) is 3.20. The van der Waals surface area contributed by atoms with Crippen molar-refractivity contribution < 1.29 is 5.11 Å². The zero-order valence-electron chi connectivity index (χ0n) is 9.91. The van der Waals surface area contributed by atoms with Gasteiger partial charge < -0.3 is 10.4 Å². The van der Waals surface area contributed by atoms with Gasteiger partial charge in [0.2, 0.25) is 0 Å². The normalized spacial score (nSPS) is 41.2. The Kier molecular flexibility index (Phi) is 4.04. The van der Waals surface area contributed by atoms with Gasteiger partial charge in [-0.2, -0.15) is 0 Å². The van der Waals surface area contributed by atoms with E-state index in [9.17, 15) is 5.11 Å². The molecule has 0 amide bonds.